The van der Waals surface area contributed by atoms with Gasteiger partial charge in [0.1, 0.15) is 0 Å². The van der Waals surface area contributed by atoms with Gasteiger partial charge in [-0.15, -0.1) is 0 Å². The Labute approximate surface area is 169 Å². The fourth-order valence-electron chi connectivity index (χ4n) is 3.86. The van der Waals surface area contributed by atoms with Crippen molar-refractivity contribution in [2.45, 2.75) is 24.7 Å². The second-order valence-corrected chi connectivity index (χ2v) is 6.65. The van der Waals surface area contributed by atoms with Gasteiger partial charge in [0.2, 0.25) is 0 Å². The van der Waals surface area contributed by atoms with Crippen molar-refractivity contribution in [2.75, 3.05) is 0 Å². The monoisotopic (exact) mass is 396 g/mol. The van der Waals surface area contributed by atoms with E-state index in [0.29, 0.717) is 11.1 Å². The van der Waals surface area contributed by atoms with E-state index in [4.69, 9.17) is 0 Å². The van der Waals surface area contributed by atoms with Gasteiger partial charge >= 0.3 is 11.9 Å². The Bertz CT molecular complexity index is 784. The second-order valence-electron chi connectivity index (χ2n) is 6.65. The Morgan fingerprint density at radius 2 is 1.07 bits per heavy atom. The number of carbonyl (C=O) groups is 2. The second kappa shape index (κ2) is 10.1. The Balaban J connectivity index is 2.81. The van der Waals surface area contributed by atoms with Gasteiger partial charge in [-0.3, -0.25) is 9.59 Å². The first kappa shape index (κ1) is 21.8. The molecule has 0 heterocycles. The first-order valence-corrected chi connectivity index (χ1v) is 9.15. The van der Waals surface area contributed by atoms with Gasteiger partial charge in [0.25, 0.3) is 0 Å². The number of benzene rings is 2. The van der Waals surface area contributed by atoms with Gasteiger partial charge in [-0.05, 0) is 36.1 Å². The summed E-state index contributed by atoms with van der Waals surface area (Å²) in [5, 5.41) is 39.0. The van der Waals surface area contributed by atoms with Crippen molar-refractivity contribution < 1.29 is 30.0 Å². The van der Waals surface area contributed by atoms with Crippen LogP contribution in [0, 0.1) is 5.41 Å². The van der Waals surface area contributed by atoms with Crippen LogP contribution in [0.15, 0.2) is 85.3 Å². The molecule has 0 fully saturated rings. The lowest BCUT2D eigenvalue weighted by molar-refractivity contribution is -0.169. The van der Waals surface area contributed by atoms with E-state index in [0.717, 1.165) is 12.5 Å². The number of carboxylic acid groups (broad SMARTS) is 2. The summed E-state index contributed by atoms with van der Waals surface area (Å²) in [7, 11) is 0. The highest BCUT2D eigenvalue weighted by molar-refractivity contribution is 6.01. The van der Waals surface area contributed by atoms with E-state index in [2.05, 4.69) is 0 Å². The summed E-state index contributed by atoms with van der Waals surface area (Å²) in [6, 6.07) is 17.1. The largest absolute Gasteiger partial charge is 0.516 e. The number of allylic oxidation sites excluding steroid dienone is 2. The average Bonchev–Trinajstić information content (AvgIpc) is 2.73. The molecule has 0 aliphatic carbocycles. The molecule has 0 aromatic heterocycles. The molecule has 0 spiro atoms. The van der Waals surface area contributed by atoms with Crippen molar-refractivity contribution in [1.29, 1.82) is 0 Å². The fraction of sp³-hybridized carbons (Fsp3) is 0.217. The third kappa shape index (κ3) is 4.48. The topological polar surface area (TPSA) is 115 Å². The highest BCUT2D eigenvalue weighted by atomic mass is 16.4. The number of rotatable bonds is 10. The van der Waals surface area contributed by atoms with E-state index in [1.54, 1.807) is 60.7 Å². The number of aliphatic carboxylic acids is 2. The van der Waals surface area contributed by atoms with Gasteiger partial charge < -0.3 is 20.4 Å². The van der Waals surface area contributed by atoms with Crippen LogP contribution < -0.4 is 0 Å². The molecule has 2 aromatic carbocycles. The number of hydrogen-bond acceptors (Lipinski definition) is 4. The molecule has 4 N–H and O–H groups in total. The van der Waals surface area contributed by atoms with Gasteiger partial charge in [0.15, 0.2) is 5.41 Å². The van der Waals surface area contributed by atoms with Crippen LogP contribution in [0.25, 0.3) is 0 Å². The molecule has 0 radical (unpaired) electrons. The van der Waals surface area contributed by atoms with E-state index in [-0.39, 0.29) is 12.8 Å². The Morgan fingerprint density at radius 1 is 0.724 bits per heavy atom. The molecule has 152 valence electrons. The minimum atomic E-state index is -2.25. The van der Waals surface area contributed by atoms with Crippen LogP contribution in [-0.4, -0.2) is 32.4 Å². The predicted molar refractivity (Wildman–Crippen MR) is 109 cm³/mol. The Morgan fingerprint density at radius 3 is 1.34 bits per heavy atom. The van der Waals surface area contributed by atoms with Crippen molar-refractivity contribution in [3.63, 3.8) is 0 Å². The molecule has 0 saturated carbocycles. The molecule has 2 aromatic rings. The molecule has 0 aliphatic rings. The first-order chi connectivity index (χ1) is 14.0. The van der Waals surface area contributed by atoms with Crippen LogP contribution in [-0.2, 0) is 9.59 Å². The van der Waals surface area contributed by atoms with E-state index in [9.17, 15) is 30.0 Å². The molecule has 0 aliphatic heterocycles. The fourth-order valence-corrected chi connectivity index (χ4v) is 3.86. The van der Waals surface area contributed by atoms with Crippen LogP contribution in [0.5, 0.6) is 0 Å². The summed E-state index contributed by atoms with van der Waals surface area (Å²) in [6.07, 6.45) is 4.28. The van der Waals surface area contributed by atoms with Gasteiger partial charge in [-0.25, -0.2) is 0 Å². The molecule has 0 amide bonds. The lowest BCUT2D eigenvalue weighted by atomic mass is 9.60. The quantitative estimate of drug-likeness (QED) is 0.344. The van der Waals surface area contributed by atoms with Crippen LogP contribution in [0.1, 0.15) is 35.8 Å². The maximum atomic E-state index is 12.7. The summed E-state index contributed by atoms with van der Waals surface area (Å²) in [5.41, 5.74) is -1.18. The molecule has 0 saturated heterocycles. The Hall–Kier alpha value is -3.54. The summed E-state index contributed by atoms with van der Waals surface area (Å²) in [5.74, 6) is -4.91. The number of aliphatic hydroxyl groups excluding tert-OH is 2. The zero-order valence-electron chi connectivity index (χ0n) is 15.8. The molecule has 6 nitrogen and oxygen atoms in total. The lowest BCUT2D eigenvalue weighted by Crippen LogP contribution is -2.49. The first-order valence-electron chi connectivity index (χ1n) is 9.15. The van der Waals surface area contributed by atoms with Gasteiger partial charge in [0.05, 0.1) is 12.5 Å². The zero-order valence-corrected chi connectivity index (χ0v) is 15.8. The molecular weight excluding hydrogens is 372 g/mol. The molecule has 29 heavy (non-hydrogen) atoms. The number of carboxylic acids is 2. The summed E-state index contributed by atoms with van der Waals surface area (Å²) in [4.78, 5) is 25.3. The van der Waals surface area contributed by atoms with Crippen molar-refractivity contribution in [3.8, 4) is 0 Å². The van der Waals surface area contributed by atoms with Crippen LogP contribution in [0.4, 0.5) is 0 Å². The maximum Gasteiger partial charge on any atom is 0.322 e. The van der Waals surface area contributed by atoms with Crippen LogP contribution in [0.3, 0.4) is 0 Å². The van der Waals surface area contributed by atoms with E-state index in [1.807, 2.05) is 0 Å². The minimum Gasteiger partial charge on any atom is -0.516 e. The van der Waals surface area contributed by atoms with Crippen LogP contribution in [0.2, 0.25) is 0 Å². The van der Waals surface area contributed by atoms with Crippen molar-refractivity contribution in [1.82, 2.24) is 0 Å². The van der Waals surface area contributed by atoms with Gasteiger partial charge in [0, 0.05) is 11.8 Å². The summed E-state index contributed by atoms with van der Waals surface area (Å²) < 4.78 is 0. The molecule has 2 unspecified atom stereocenters. The standard InChI is InChI=1S/C23H24O6/c24-15-7-13-19(17-9-3-1-4-10-17)23(21(26)27,22(28)29)20(14-8-16-25)18-11-5-2-6-12-18/h1-12,15-16,19-20,24-25H,13-14H2,(H,26,27)(H,28,29). The highest BCUT2D eigenvalue weighted by Gasteiger charge is 2.58. The average molecular weight is 396 g/mol. The van der Waals surface area contributed by atoms with Gasteiger partial charge in [-0.1, -0.05) is 60.7 Å². The van der Waals surface area contributed by atoms with E-state index >= 15 is 0 Å². The molecule has 6 heteroatoms. The SMILES string of the molecule is O=C(O)C(C(=O)O)(C(CC=CO)c1ccccc1)C(CC=CO)c1ccccc1. The van der Waals surface area contributed by atoms with E-state index in [1.165, 1.54) is 12.2 Å². The lowest BCUT2D eigenvalue weighted by Gasteiger charge is -2.39. The summed E-state index contributed by atoms with van der Waals surface area (Å²) in [6.45, 7) is 0. The molecule has 0 bridgehead atoms. The van der Waals surface area contributed by atoms with Crippen molar-refractivity contribution in [3.05, 3.63) is 96.5 Å². The third-order valence-corrected chi connectivity index (χ3v) is 5.17. The molecule has 2 rings (SSSR count). The molecular formula is C23H24O6. The summed E-state index contributed by atoms with van der Waals surface area (Å²) >= 11 is 0. The molecule has 2 atom stereocenters. The maximum absolute atomic E-state index is 12.7. The number of hydrogen-bond donors (Lipinski definition) is 4. The highest BCUT2D eigenvalue weighted by Crippen LogP contribution is 2.51. The van der Waals surface area contributed by atoms with Crippen LogP contribution >= 0.6 is 0 Å². The number of aliphatic hydroxyl groups is 2. The minimum absolute atomic E-state index is 0.00524. The third-order valence-electron chi connectivity index (χ3n) is 5.17. The smallest absolute Gasteiger partial charge is 0.322 e. The van der Waals surface area contributed by atoms with Crippen molar-refractivity contribution >= 4 is 11.9 Å². The predicted octanol–water partition coefficient (Wildman–Crippen LogP) is 4.63. The van der Waals surface area contributed by atoms with E-state index < -0.39 is 29.2 Å². The zero-order chi connectivity index (χ0) is 21.3. The van der Waals surface area contributed by atoms with Crippen molar-refractivity contribution in [2.24, 2.45) is 5.41 Å². The normalized spacial score (nSPS) is 14.1. The van der Waals surface area contributed by atoms with Gasteiger partial charge in [-0.2, -0.15) is 0 Å². The Kier molecular flexibility index (Phi) is 7.60.